The van der Waals surface area contributed by atoms with Gasteiger partial charge in [0.25, 0.3) is 0 Å². The first kappa shape index (κ1) is 21.2. The highest BCUT2D eigenvalue weighted by Gasteiger charge is 2.26. The fourth-order valence-electron chi connectivity index (χ4n) is 3.45. The maximum atomic E-state index is 12.3. The number of carbonyl (C=O) groups is 2. The van der Waals surface area contributed by atoms with Gasteiger partial charge in [-0.2, -0.15) is 0 Å². The molecule has 1 amide bonds. The Kier molecular flexibility index (Phi) is 6.95. The van der Waals surface area contributed by atoms with E-state index in [2.05, 4.69) is 0 Å². The lowest BCUT2D eigenvalue weighted by Crippen LogP contribution is -2.32. The molecule has 0 unspecified atom stereocenters. The zero-order chi connectivity index (χ0) is 21.5. The van der Waals surface area contributed by atoms with Gasteiger partial charge in [0.2, 0.25) is 0 Å². The van der Waals surface area contributed by atoms with Crippen LogP contribution < -0.4 is 9.47 Å². The van der Waals surface area contributed by atoms with E-state index in [1.807, 2.05) is 30.3 Å². The Morgan fingerprint density at radius 2 is 1.93 bits per heavy atom. The molecule has 0 saturated carbocycles. The highest BCUT2D eigenvalue weighted by molar-refractivity contribution is 5.94. The molecule has 3 rings (SSSR count). The van der Waals surface area contributed by atoms with Crippen LogP contribution in [-0.4, -0.2) is 48.9 Å². The average molecular weight is 411 g/mol. The van der Waals surface area contributed by atoms with Gasteiger partial charge in [0.15, 0.2) is 11.5 Å². The monoisotopic (exact) mass is 411 g/mol. The maximum Gasteiger partial charge on any atom is 0.407 e. The summed E-state index contributed by atoms with van der Waals surface area (Å²) in [6, 6.07) is 12.8. The van der Waals surface area contributed by atoms with Crippen LogP contribution in [-0.2, 0) is 11.3 Å². The molecule has 158 valence electrons. The van der Waals surface area contributed by atoms with Gasteiger partial charge in [-0.1, -0.05) is 42.5 Å². The van der Waals surface area contributed by atoms with Crippen molar-refractivity contribution < 1.29 is 28.9 Å². The number of likely N-dealkylation sites (tertiary alicyclic amines) is 1. The van der Waals surface area contributed by atoms with E-state index in [-0.39, 0.29) is 6.04 Å². The summed E-state index contributed by atoms with van der Waals surface area (Å²) in [6.07, 6.45) is 4.14. The number of hydrogen-bond acceptors (Lipinski definition) is 5. The SMILES string of the molecule is COC(=O)c1cc(OC)c(OCc2ccccc2)cc1/C=C\[C@@H]1CCCN1C(=O)O. The molecule has 1 N–H and O–H groups in total. The summed E-state index contributed by atoms with van der Waals surface area (Å²) in [5.41, 5.74) is 1.89. The van der Waals surface area contributed by atoms with Crippen molar-refractivity contribution in [2.45, 2.75) is 25.5 Å². The van der Waals surface area contributed by atoms with Gasteiger partial charge in [-0.3, -0.25) is 0 Å². The maximum absolute atomic E-state index is 12.3. The topological polar surface area (TPSA) is 85.3 Å². The third-order valence-electron chi connectivity index (χ3n) is 5.02. The normalized spacial score (nSPS) is 15.9. The number of ether oxygens (including phenoxy) is 3. The van der Waals surface area contributed by atoms with Crippen molar-refractivity contribution in [1.29, 1.82) is 0 Å². The summed E-state index contributed by atoms with van der Waals surface area (Å²) in [5, 5.41) is 9.33. The number of methoxy groups -OCH3 is 2. The molecule has 0 bridgehead atoms. The van der Waals surface area contributed by atoms with Crippen LogP contribution in [0.1, 0.15) is 34.3 Å². The lowest BCUT2D eigenvalue weighted by molar-refractivity contribution is 0.0600. The van der Waals surface area contributed by atoms with Crippen molar-refractivity contribution in [1.82, 2.24) is 4.90 Å². The predicted octanol–water partition coefficient (Wildman–Crippen LogP) is 4.22. The minimum atomic E-state index is -0.947. The van der Waals surface area contributed by atoms with E-state index in [1.54, 1.807) is 24.3 Å². The molecule has 0 aliphatic carbocycles. The fourth-order valence-corrected chi connectivity index (χ4v) is 3.45. The van der Waals surface area contributed by atoms with Crippen molar-refractivity contribution in [3.63, 3.8) is 0 Å². The second-order valence-electron chi connectivity index (χ2n) is 6.90. The minimum absolute atomic E-state index is 0.233. The molecule has 2 aromatic carbocycles. The molecule has 7 nitrogen and oxygen atoms in total. The molecule has 30 heavy (non-hydrogen) atoms. The second-order valence-corrected chi connectivity index (χ2v) is 6.90. The summed E-state index contributed by atoms with van der Waals surface area (Å²) in [6.45, 7) is 0.843. The number of amides is 1. The van der Waals surface area contributed by atoms with E-state index >= 15 is 0 Å². The first-order valence-electron chi connectivity index (χ1n) is 9.68. The Hall–Kier alpha value is -3.48. The van der Waals surface area contributed by atoms with Crippen LogP contribution in [0.5, 0.6) is 11.5 Å². The van der Waals surface area contributed by atoms with Crippen LogP contribution in [0, 0.1) is 0 Å². The quantitative estimate of drug-likeness (QED) is 0.687. The Balaban J connectivity index is 1.91. The van der Waals surface area contributed by atoms with E-state index in [1.165, 1.54) is 19.1 Å². The summed E-state index contributed by atoms with van der Waals surface area (Å²) >= 11 is 0. The second kappa shape index (κ2) is 9.82. The number of benzene rings is 2. The Morgan fingerprint density at radius 3 is 2.60 bits per heavy atom. The number of carbonyl (C=O) groups excluding carboxylic acids is 1. The largest absolute Gasteiger partial charge is 0.493 e. The molecule has 2 aromatic rings. The summed E-state index contributed by atoms with van der Waals surface area (Å²) in [5.74, 6) is 0.385. The van der Waals surface area contributed by atoms with Crippen molar-refractivity contribution in [3.8, 4) is 11.5 Å². The van der Waals surface area contributed by atoms with Gasteiger partial charge in [0.05, 0.1) is 25.8 Å². The molecule has 0 radical (unpaired) electrons. The molecule has 1 fully saturated rings. The highest BCUT2D eigenvalue weighted by Crippen LogP contribution is 2.33. The molecule has 1 heterocycles. The molecule has 1 aliphatic heterocycles. The standard InChI is InChI=1S/C23H25NO6/c1-28-20-14-19(22(25)29-2)17(10-11-18-9-6-12-24(18)23(26)27)13-21(20)30-15-16-7-4-3-5-8-16/h3-5,7-8,10-11,13-14,18H,6,9,12,15H2,1-2H3,(H,26,27)/b11-10-/t18-/m0/s1. The molecule has 0 aromatic heterocycles. The number of esters is 1. The van der Waals surface area contributed by atoms with E-state index in [0.717, 1.165) is 18.4 Å². The third kappa shape index (κ3) is 4.92. The molecule has 1 aliphatic rings. The number of hydrogen-bond donors (Lipinski definition) is 1. The zero-order valence-electron chi connectivity index (χ0n) is 17.0. The number of carboxylic acid groups (broad SMARTS) is 1. The molecule has 7 heteroatoms. The van der Waals surface area contributed by atoms with Gasteiger partial charge in [-0.25, -0.2) is 9.59 Å². The average Bonchev–Trinajstić information content (AvgIpc) is 3.25. The lowest BCUT2D eigenvalue weighted by atomic mass is 10.0. The molecule has 1 atom stereocenters. The van der Waals surface area contributed by atoms with Crippen LogP contribution in [0.4, 0.5) is 4.79 Å². The number of nitrogens with zero attached hydrogens (tertiary/aromatic N) is 1. The first-order chi connectivity index (χ1) is 14.5. The van der Waals surface area contributed by atoms with Crippen LogP contribution in [0.15, 0.2) is 48.5 Å². The van der Waals surface area contributed by atoms with Crippen LogP contribution in [0.3, 0.4) is 0 Å². The van der Waals surface area contributed by atoms with Crippen molar-refractivity contribution in [2.75, 3.05) is 20.8 Å². The zero-order valence-corrected chi connectivity index (χ0v) is 17.0. The van der Waals surface area contributed by atoms with Crippen molar-refractivity contribution >= 4 is 18.1 Å². The van der Waals surface area contributed by atoms with E-state index in [0.29, 0.717) is 35.8 Å². The van der Waals surface area contributed by atoms with Gasteiger partial charge < -0.3 is 24.2 Å². The predicted molar refractivity (Wildman–Crippen MR) is 112 cm³/mol. The van der Waals surface area contributed by atoms with Crippen LogP contribution in [0.25, 0.3) is 6.08 Å². The van der Waals surface area contributed by atoms with Crippen LogP contribution in [0.2, 0.25) is 0 Å². The molecular weight excluding hydrogens is 386 g/mol. The smallest absolute Gasteiger partial charge is 0.407 e. The van der Waals surface area contributed by atoms with Gasteiger partial charge in [-0.05, 0) is 36.1 Å². The van der Waals surface area contributed by atoms with Gasteiger partial charge in [-0.15, -0.1) is 0 Å². The Bertz CT molecular complexity index is 925. The fraction of sp³-hybridized carbons (Fsp3) is 0.304. The van der Waals surface area contributed by atoms with E-state index < -0.39 is 12.1 Å². The Morgan fingerprint density at radius 1 is 1.17 bits per heavy atom. The summed E-state index contributed by atoms with van der Waals surface area (Å²) in [4.78, 5) is 25.1. The minimum Gasteiger partial charge on any atom is -0.493 e. The first-order valence-corrected chi connectivity index (χ1v) is 9.68. The molecule has 0 spiro atoms. The number of rotatable bonds is 7. The summed E-state index contributed by atoms with van der Waals surface area (Å²) < 4.78 is 16.2. The van der Waals surface area contributed by atoms with Crippen molar-refractivity contribution in [2.24, 2.45) is 0 Å². The van der Waals surface area contributed by atoms with E-state index in [9.17, 15) is 14.7 Å². The lowest BCUT2D eigenvalue weighted by Gasteiger charge is -2.18. The van der Waals surface area contributed by atoms with Gasteiger partial charge >= 0.3 is 12.1 Å². The summed E-state index contributed by atoms with van der Waals surface area (Å²) in [7, 11) is 2.82. The van der Waals surface area contributed by atoms with Crippen LogP contribution >= 0.6 is 0 Å². The molecular formula is C23H25NO6. The highest BCUT2D eigenvalue weighted by atomic mass is 16.5. The third-order valence-corrected chi connectivity index (χ3v) is 5.02. The van der Waals surface area contributed by atoms with Crippen molar-refractivity contribution in [3.05, 3.63) is 65.2 Å². The van der Waals surface area contributed by atoms with Gasteiger partial charge in [0.1, 0.15) is 6.61 Å². The Labute approximate surface area is 175 Å². The van der Waals surface area contributed by atoms with E-state index in [4.69, 9.17) is 14.2 Å². The molecule has 1 saturated heterocycles. The van der Waals surface area contributed by atoms with Gasteiger partial charge in [0, 0.05) is 6.54 Å².